The van der Waals surface area contributed by atoms with Crippen LogP contribution >= 0.6 is 11.6 Å². The number of hydrogen-bond acceptors (Lipinski definition) is 3. The molecule has 132 valence electrons. The summed E-state index contributed by atoms with van der Waals surface area (Å²) in [6.45, 7) is 2.34. The average Bonchev–Trinajstić information content (AvgIpc) is 2.91. The minimum atomic E-state index is -3.25. The molecular formula is C18H19ClN2O3S. The van der Waals surface area contributed by atoms with Gasteiger partial charge in [-0.15, -0.1) is 0 Å². The Labute approximate surface area is 152 Å². The van der Waals surface area contributed by atoms with E-state index >= 15 is 0 Å². The zero-order valence-corrected chi connectivity index (χ0v) is 15.4. The summed E-state index contributed by atoms with van der Waals surface area (Å²) < 4.78 is 25.6. The Bertz CT molecular complexity index is 912. The summed E-state index contributed by atoms with van der Waals surface area (Å²) >= 11 is 6.09. The molecule has 0 saturated carbocycles. The van der Waals surface area contributed by atoms with Crippen LogP contribution in [0.4, 0.5) is 11.4 Å². The van der Waals surface area contributed by atoms with E-state index in [1.54, 1.807) is 18.2 Å². The van der Waals surface area contributed by atoms with Crippen molar-refractivity contribution in [3.8, 4) is 0 Å². The van der Waals surface area contributed by atoms with E-state index in [2.05, 4.69) is 5.32 Å². The Morgan fingerprint density at radius 2 is 2.00 bits per heavy atom. The molecule has 0 aliphatic carbocycles. The maximum absolute atomic E-state index is 12.3. The van der Waals surface area contributed by atoms with Gasteiger partial charge in [0.25, 0.3) is 0 Å². The first kappa shape index (κ1) is 17.8. The summed E-state index contributed by atoms with van der Waals surface area (Å²) in [4.78, 5) is 12.3. The Morgan fingerprint density at radius 3 is 2.68 bits per heavy atom. The van der Waals surface area contributed by atoms with Crippen molar-refractivity contribution in [2.45, 2.75) is 19.8 Å². The number of rotatable bonds is 4. The van der Waals surface area contributed by atoms with E-state index in [4.69, 9.17) is 11.6 Å². The number of anilines is 2. The summed E-state index contributed by atoms with van der Waals surface area (Å²) in [6.07, 6.45) is 0.774. The second kappa shape index (κ2) is 7.06. The molecule has 0 spiro atoms. The molecule has 1 amide bonds. The Hall–Kier alpha value is -2.05. The SMILES string of the molecule is Cc1ccc(N2CCCS2(=O)=O)cc1NC(=O)Cc1ccccc1Cl. The highest BCUT2D eigenvalue weighted by Crippen LogP contribution is 2.28. The molecule has 0 bridgehead atoms. The smallest absolute Gasteiger partial charge is 0.235 e. The van der Waals surface area contributed by atoms with Gasteiger partial charge in [-0.2, -0.15) is 0 Å². The third-order valence-electron chi connectivity index (χ3n) is 4.19. The first-order chi connectivity index (χ1) is 11.9. The quantitative estimate of drug-likeness (QED) is 0.886. The van der Waals surface area contributed by atoms with E-state index in [1.165, 1.54) is 4.31 Å². The number of benzene rings is 2. The predicted octanol–water partition coefficient (Wildman–Crippen LogP) is 3.37. The molecule has 0 unspecified atom stereocenters. The fourth-order valence-electron chi connectivity index (χ4n) is 2.84. The summed E-state index contributed by atoms with van der Waals surface area (Å²) in [5, 5.41) is 3.41. The van der Waals surface area contributed by atoms with Gasteiger partial charge in [0, 0.05) is 17.3 Å². The highest BCUT2D eigenvalue weighted by molar-refractivity contribution is 7.93. The lowest BCUT2D eigenvalue weighted by molar-refractivity contribution is -0.115. The van der Waals surface area contributed by atoms with Crippen molar-refractivity contribution in [3.05, 3.63) is 58.6 Å². The average molecular weight is 379 g/mol. The van der Waals surface area contributed by atoms with Crippen LogP contribution in [0, 0.1) is 6.92 Å². The molecule has 1 saturated heterocycles. The molecule has 1 heterocycles. The molecular weight excluding hydrogens is 360 g/mol. The van der Waals surface area contributed by atoms with Gasteiger partial charge < -0.3 is 5.32 Å². The van der Waals surface area contributed by atoms with Crippen molar-refractivity contribution in [3.63, 3.8) is 0 Å². The first-order valence-electron chi connectivity index (χ1n) is 8.01. The van der Waals surface area contributed by atoms with E-state index in [0.717, 1.165) is 11.1 Å². The van der Waals surface area contributed by atoms with Gasteiger partial charge in [0.2, 0.25) is 15.9 Å². The van der Waals surface area contributed by atoms with Gasteiger partial charge in [0.1, 0.15) is 0 Å². The van der Waals surface area contributed by atoms with Gasteiger partial charge in [-0.05, 0) is 42.7 Å². The molecule has 1 aliphatic rings. The molecule has 5 nitrogen and oxygen atoms in total. The molecule has 0 radical (unpaired) electrons. The molecule has 0 aromatic heterocycles. The van der Waals surface area contributed by atoms with Crippen molar-refractivity contribution < 1.29 is 13.2 Å². The van der Waals surface area contributed by atoms with E-state index in [-0.39, 0.29) is 18.1 Å². The summed E-state index contributed by atoms with van der Waals surface area (Å²) in [7, 11) is -3.25. The maximum atomic E-state index is 12.3. The lowest BCUT2D eigenvalue weighted by atomic mass is 10.1. The predicted molar refractivity (Wildman–Crippen MR) is 101 cm³/mol. The van der Waals surface area contributed by atoms with Crippen molar-refractivity contribution >= 4 is 38.9 Å². The molecule has 1 N–H and O–H groups in total. The molecule has 1 fully saturated rings. The number of halogens is 1. The maximum Gasteiger partial charge on any atom is 0.235 e. The summed E-state index contributed by atoms with van der Waals surface area (Å²) in [5.41, 5.74) is 2.80. The first-order valence-corrected chi connectivity index (χ1v) is 10.00. The van der Waals surface area contributed by atoms with Gasteiger partial charge >= 0.3 is 0 Å². The highest BCUT2D eigenvalue weighted by Gasteiger charge is 2.28. The van der Waals surface area contributed by atoms with Crippen LogP contribution in [-0.2, 0) is 21.2 Å². The minimum Gasteiger partial charge on any atom is -0.325 e. The number of nitrogens with zero attached hydrogens (tertiary/aromatic N) is 1. The number of carbonyl (C=O) groups excluding carboxylic acids is 1. The molecule has 2 aromatic rings. The van der Waals surface area contributed by atoms with E-state index in [9.17, 15) is 13.2 Å². The number of carbonyl (C=O) groups is 1. The van der Waals surface area contributed by atoms with E-state index < -0.39 is 10.0 Å². The fraction of sp³-hybridized carbons (Fsp3) is 0.278. The minimum absolute atomic E-state index is 0.158. The third-order valence-corrected chi connectivity index (χ3v) is 6.43. The Balaban J connectivity index is 1.79. The number of sulfonamides is 1. The second-order valence-corrected chi connectivity index (χ2v) is 8.48. The molecule has 7 heteroatoms. The molecule has 0 atom stereocenters. The largest absolute Gasteiger partial charge is 0.325 e. The summed E-state index contributed by atoms with van der Waals surface area (Å²) in [5.74, 6) is -0.0349. The zero-order chi connectivity index (χ0) is 18.0. The monoisotopic (exact) mass is 378 g/mol. The van der Waals surface area contributed by atoms with Crippen LogP contribution in [-0.4, -0.2) is 26.6 Å². The normalized spacial score (nSPS) is 16.0. The van der Waals surface area contributed by atoms with Gasteiger partial charge in [-0.1, -0.05) is 35.9 Å². The fourth-order valence-corrected chi connectivity index (χ4v) is 4.60. The van der Waals surface area contributed by atoms with Crippen LogP contribution in [0.2, 0.25) is 5.02 Å². The Morgan fingerprint density at radius 1 is 1.24 bits per heavy atom. The lowest BCUT2D eigenvalue weighted by Crippen LogP contribution is -2.25. The van der Waals surface area contributed by atoms with E-state index in [0.29, 0.717) is 29.4 Å². The number of aryl methyl sites for hydroxylation is 1. The van der Waals surface area contributed by atoms with Gasteiger partial charge in [-0.3, -0.25) is 9.10 Å². The van der Waals surface area contributed by atoms with Crippen LogP contribution in [0.3, 0.4) is 0 Å². The molecule has 2 aromatic carbocycles. The van der Waals surface area contributed by atoms with Crippen molar-refractivity contribution in [1.82, 2.24) is 0 Å². The molecule has 1 aliphatic heterocycles. The van der Waals surface area contributed by atoms with Crippen LogP contribution in [0.25, 0.3) is 0 Å². The van der Waals surface area contributed by atoms with Gasteiger partial charge in [0.05, 0.1) is 17.9 Å². The number of amides is 1. The molecule has 25 heavy (non-hydrogen) atoms. The second-order valence-electron chi connectivity index (χ2n) is 6.06. The Kier molecular flexibility index (Phi) is 5.01. The standard InChI is InChI=1S/C18H19ClN2O3S/c1-13-7-8-15(21-9-4-10-25(21,23)24)12-17(13)20-18(22)11-14-5-2-3-6-16(14)19/h2-3,5-8,12H,4,9-11H2,1H3,(H,20,22). The van der Waals surface area contributed by atoms with E-state index in [1.807, 2.05) is 31.2 Å². The summed E-state index contributed by atoms with van der Waals surface area (Å²) in [6, 6.07) is 12.5. The van der Waals surface area contributed by atoms with Crippen LogP contribution in [0.1, 0.15) is 17.5 Å². The van der Waals surface area contributed by atoms with Gasteiger partial charge in [0.15, 0.2) is 0 Å². The van der Waals surface area contributed by atoms with Crippen LogP contribution in [0.5, 0.6) is 0 Å². The van der Waals surface area contributed by atoms with Crippen molar-refractivity contribution in [2.24, 2.45) is 0 Å². The highest BCUT2D eigenvalue weighted by atomic mass is 35.5. The molecule has 3 rings (SSSR count). The van der Waals surface area contributed by atoms with Crippen molar-refractivity contribution in [2.75, 3.05) is 21.9 Å². The van der Waals surface area contributed by atoms with Crippen LogP contribution in [0.15, 0.2) is 42.5 Å². The van der Waals surface area contributed by atoms with Crippen molar-refractivity contribution in [1.29, 1.82) is 0 Å². The van der Waals surface area contributed by atoms with Crippen LogP contribution < -0.4 is 9.62 Å². The topological polar surface area (TPSA) is 66.5 Å². The third kappa shape index (κ3) is 3.96. The van der Waals surface area contributed by atoms with Gasteiger partial charge in [-0.25, -0.2) is 8.42 Å². The number of hydrogen-bond donors (Lipinski definition) is 1. The lowest BCUT2D eigenvalue weighted by Gasteiger charge is -2.19. The zero-order valence-electron chi connectivity index (χ0n) is 13.8. The number of nitrogens with one attached hydrogen (secondary N) is 1.